The van der Waals surface area contributed by atoms with Gasteiger partial charge in [0, 0.05) is 36.9 Å². The third kappa shape index (κ3) is 5.54. The summed E-state index contributed by atoms with van der Waals surface area (Å²) in [6.07, 6.45) is 3.57. The first kappa shape index (κ1) is 23.7. The van der Waals surface area contributed by atoms with Crippen molar-refractivity contribution in [2.75, 3.05) is 13.1 Å². The maximum atomic E-state index is 13.1. The number of nitrogens with zero attached hydrogens (tertiary/aromatic N) is 3. The molecule has 1 aliphatic rings. The summed E-state index contributed by atoms with van der Waals surface area (Å²) in [5, 5.41) is 2.62. The van der Waals surface area contributed by atoms with Crippen LogP contribution in [-0.2, 0) is 27.9 Å². The molecule has 0 unspecified atom stereocenters. The van der Waals surface area contributed by atoms with Gasteiger partial charge in [-0.2, -0.15) is 0 Å². The predicted octanol–water partition coefficient (Wildman–Crippen LogP) is 4.14. The SMILES string of the molecule is Cc1csc(-c2cc(S(=O)(=O)NCc3ccc(C(C)C)cc3)cn2CC(=O)N2CCCC2)n1. The van der Waals surface area contributed by atoms with Crippen LogP contribution < -0.4 is 4.72 Å². The van der Waals surface area contributed by atoms with Crippen molar-refractivity contribution in [3.05, 3.63) is 58.7 Å². The van der Waals surface area contributed by atoms with Gasteiger partial charge in [0.05, 0.1) is 5.69 Å². The molecular formula is C24H30N4O3S2. The molecule has 33 heavy (non-hydrogen) atoms. The van der Waals surface area contributed by atoms with Gasteiger partial charge in [0.15, 0.2) is 0 Å². The number of likely N-dealkylation sites (tertiary alicyclic amines) is 1. The average Bonchev–Trinajstić information content (AvgIpc) is 3.53. The molecule has 1 N–H and O–H groups in total. The van der Waals surface area contributed by atoms with E-state index < -0.39 is 10.0 Å². The first-order valence-corrected chi connectivity index (χ1v) is 13.6. The maximum absolute atomic E-state index is 13.1. The molecule has 1 fully saturated rings. The molecule has 9 heteroatoms. The van der Waals surface area contributed by atoms with E-state index in [2.05, 4.69) is 23.6 Å². The number of aryl methyl sites for hydroxylation is 1. The zero-order valence-electron chi connectivity index (χ0n) is 19.2. The molecule has 176 valence electrons. The van der Waals surface area contributed by atoms with Crippen LogP contribution in [-0.4, -0.2) is 41.9 Å². The van der Waals surface area contributed by atoms with Crippen LogP contribution in [0, 0.1) is 6.92 Å². The van der Waals surface area contributed by atoms with Crippen LogP contribution in [0.15, 0.2) is 46.8 Å². The second-order valence-corrected chi connectivity index (χ2v) is 11.4. The van der Waals surface area contributed by atoms with Crippen LogP contribution in [0.2, 0.25) is 0 Å². The second kappa shape index (κ2) is 9.79. The lowest BCUT2D eigenvalue weighted by Gasteiger charge is -2.16. The minimum atomic E-state index is -3.76. The van der Waals surface area contributed by atoms with E-state index in [1.807, 2.05) is 41.5 Å². The summed E-state index contributed by atoms with van der Waals surface area (Å²) < 4.78 is 30.6. The molecule has 1 aliphatic heterocycles. The lowest BCUT2D eigenvalue weighted by atomic mass is 10.0. The number of carbonyl (C=O) groups is 1. The molecule has 0 bridgehead atoms. The topological polar surface area (TPSA) is 84.3 Å². The fraction of sp³-hybridized carbons (Fsp3) is 0.417. The molecule has 0 saturated carbocycles. The van der Waals surface area contributed by atoms with Crippen molar-refractivity contribution in [3.8, 4) is 10.7 Å². The van der Waals surface area contributed by atoms with Gasteiger partial charge in [-0.05, 0) is 42.9 Å². The first-order valence-electron chi connectivity index (χ1n) is 11.2. The monoisotopic (exact) mass is 486 g/mol. The zero-order chi connectivity index (χ0) is 23.6. The number of sulfonamides is 1. The number of amides is 1. The van der Waals surface area contributed by atoms with E-state index in [1.165, 1.54) is 16.9 Å². The Morgan fingerprint density at radius 3 is 2.48 bits per heavy atom. The van der Waals surface area contributed by atoms with Gasteiger partial charge in [-0.25, -0.2) is 18.1 Å². The number of hydrogen-bond donors (Lipinski definition) is 1. The van der Waals surface area contributed by atoms with E-state index in [1.54, 1.807) is 16.8 Å². The first-order chi connectivity index (χ1) is 15.7. The average molecular weight is 487 g/mol. The molecule has 1 amide bonds. The summed E-state index contributed by atoms with van der Waals surface area (Å²) >= 11 is 1.44. The van der Waals surface area contributed by atoms with E-state index in [0.717, 1.165) is 37.2 Å². The maximum Gasteiger partial charge on any atom is 0.242 e. The van der Waals surface area contributed by atoms with Crippen molar-refractivity contribution < 1.29 is 13.2 Å². The van der Waals surface area contributed by atoms with Crippen LogP contribution in [0.4, 0.5) is 0 Å². The van der Waals surface area contributed by atoms with Crippen molar-refractivity contribution in [3.63, 3.8) is 0 Å². The normalized spacial score (nSPS) is 14.4. The number of aromatic nitrogens is 2. The van der Waals surface area contributed by atoms with Crippen LogP contribution in [0.25, 0.3) is 10.7 Å². The van der Waals surface area contributed by atoms with Crippen LogP contribution in [0.1, 0.15) is 49.4 Å². The van der Waals surface area contributed by atoms with Gasteiger partial charge in [0.2, 0.25) is 15.9 Å². The van der Waals surface area contributed by atoms with E-state index in [4.69, 9.17) is 0 Å². The van der Waals surface area contributed by atoms with Gasteiger partial charge in [-0.15, -0.1) is 11.3 Å². The van der Waals surface area contributed by atoms with Gasteiger partial charge >= 0.3 is 0 Å². The Morgan fingerprint density at radius 1 is 1.18 bits per heavy atom. The number of carbonyl (C=O) groups excluding carboxylic acids is 1. The van der Waals surface area contributed by atoms with Gasteiger partial charge in [-0.1, -0.05) is 38.1 Å². The zero-order valence-corrected chi connectivity index (χ0v) is 20.9. The quantitative estimate of drug-likeness (QED) is 0.519. The summed E-state index contributed by atoms with van der Waals surface area (Å²) in [6.45, 7) is 7.95. The molecule has 3 heterocycles. The molecule has 1 aromatic carbocycles. The Labute approximate surface area is 199 Å². The van der Waals surface area contributed by atoms with Crippen LogP contribution >= 0.6 is 11.3 Å². The summed E-state index contributed by atoms with van der Waals surface area (Å²) in [5.41, 5.74) is 3.61. The molecule has 0 aliphatic carbocycles. The lowest BCUT2D eigenvalue weighted by Crippen LogP contribution is -2.31. The number of hydrogen-bond acceptors (Lipinski definition) is 5. The lowest BCUT2D eigenvalue weighted by molar-refractivity contribution is -0.130. The van der Waals surface area contributed by atoms with Gasteiger partial charge in [0.25, 0.3) is 0 Å². The molecule has 0 spiro atoms. The van der Waals surface area contributed by atoms with Crippen LogP contribution in [0.3, 0.4) is 0 Å². The highest BCUT2D eigenvalue weighted by molar-refractivity contribution is 7.89. The Morgan fingerprint density at radius 2 is 1.88 bits per heavy atom. The Hall–Kier alpha value is -2.49. The molecule has 7 nitrogen and oxygen atoms in total. The minimum Gasteiger partial charge on any atom is -0.341 e. The minimum absolute atomic E-state index is 0.000206. The number of thiazole rings is 1. The van der Waals surface area contributed by atoms with Gasteiger partial charge in [0.1, 0.15) is 16.4 Å². The molecular weight excluding hydrogens is 456 g/mol. The number of nitrogens with one attached hydrogen (secondary N) is 1. The van der Waals surface area contributed by atoms with Crippen molar-refractivity contribution in [1.82, 2.24) is 19.2 Å². The highest BCUT2D eigenvalue weighted by atomic mass is 32.2. The highest BCUT2D eigenvalue weighted by Gasteiger charge is 2.24. The molecule has 0 radical (unpaired) electrons. The predicted molar refractivity (Wildman–Crippen MR) is 131 cm³/mol. The Balaban J connectivity index is 1.56. The molecule has 1 saturated heterocycles. The smallest absolute Gasteiger partial charge is 0.242 e. The highest BCUT2D eigenvalue weighted by Crippen LogP contribution is 2.28. The number of rotatable bonds is 8. The summed E-state index contributed by atoms with van der Waals surface area (Å²) in [6, 6.07) is 9.55. The van der Waals surface area contributed by atoms with E-state index >= 15 is 0 Å². The van der Waals surface area contributed by atoms with Crippen molar-refractivity contribution in [2.45, 2.75) is 57.5 Å². The van der Waals surface area contributed by atoms with E-state index in [-0.39, 0.29) is 23.9 Å². The Kier molecular flexibility index (Phi) is 7.02. The molecule has 2 aromatic heterocycles. The fourth-order valence-corrected chi connectivity index (χ4v) is 5.79. The van der Waals surface area contributed by atoms with E-state index in [9.17, 15) is 13.2 Å². The van der Waals surface area contributed by atoms with Crippen molar-refractivity contribution in [2.24, 2.45) is 0 Å². The van der Waals surface area contributed by atoms with Crippen molar-refractivity contribution >= 4 is 27.3 Å². The van der Waals surface area contributed by atoms with E-state index in [0.29, 0.717) is 16.6 Å². The third-order valence-electron chi connectivity index (χ3n) is 5.90. The summed E-state index contributed by atoms with van der Waals surface area (Å²) in [7, 11) is -3.76. The second-order valence-electron chi connectivity index (χ2n) is 8.79. The molecule has 0 atom stereocenters. The molecule has 4 rings (SSSR count). The largest absolute Gasteiger partial charge is 0.341 e. The standard InChI is InChI=1S/C24H30N4O3S2/c1-17(2)20-8-6-19(7-9-20)13-25-33(30,31)21-12-22(24-26-18(3)16-32-24)28(14-21)15-23(29)27-10-4-5-11-27/h6-9,12,14,16-17,25H,4-5,10-11,13,15H2,1-3H3. The third-order valence-corrected chi connectivity index (χ3v) is 8.25. The fourth-order valence-electron chi connectivity index (χ4n) is 3.91. The van der Waals surface area contributed by atoms with Crippen molar-refractivity contribution in [1.29, 1.82) is 0 Å². The molecule has 3 aromatic rings. The van der Waals surface area contributed by atoms with Gasteiger partial charge < -0.3 is 9.47 Å². The number of benzene rings is 1. The Bertz CT molecular complexity index is 1220. The summed E-state index contributed by atoms with van der Waals surface area (Å²) in [4.78, 5) is 19.3. The van der Waals surface area contributed by atoms with Gasteiger partial charge in [-0.3, -0.25) is 4.79 Å². The summed E-state index contributed by atoms with van der Waals surface area (Å²) in [5.74, 6) is 0.423. The van der Waals surface area contributed by atoms with Crippen LogP contribution in [0.5, 0.6) is 0 Å².